The molecule has 2 N–H and O–H groups in total. The topological polar surface area (TPSA) is 43.1 Å². The summed E-state index contributed by atoms with van der Waals surface area (Å²) in [6.45, 7) is 8.36. The van der Waals surface area contributed by atoms with Crippen molar-refractivity contribution in [2.75, 3.05) is 0 Å². The highest BCUT2D eigenvalue weighted by molar-refractivity contribution is 7.99. The van der Waals surface area contributed by atoms with Crippen molar-refractivity contribution in [2.45, 2.75) is 36.5 Å². The van der Waals surface area contributed by atoms with Crippen LogP contribution in [-0.2, 0) is 0 Å². The molecule has 0 aliphatic rings. The van der Waals surface area contributed by atoms with Gasteiger partial charge in [-0.05, 0) is 54.3 Å². The molecule has 0 aliphatic carbocycles. The Kier molecular flexibility index (Phi) is 5.45. The van der Waals surface area contributed by atoms with E-state index in [1.807, 2.05) is 31.2 Å². The fraction of sp³-hybridized carbons (Fsp3) is 0.211. The van der Waals surface area contributed by atoms with Gasteiger partial charge in [-0.3, -0.25) is 4.79 Å². The molecule has 0 saturated carbocycles. The number of hydrogen-bond acceptors (Lipinski definition) is 2. The van der Waals surface area contributed by atoms with Crippen molar-refractivity contribution < 1.29 is 4.79 Å². The van der Waals surface area contributed by atoms with Crippen molar-refractivity contribution in [3.05, 3.63) is 65.7 Å². The highest BCUT2D eigenvalue weighted by Crippen LogP contribution is 2.36. The quantitative estimate of drug-likeness (QED) is 0.810. The van der Waals surface area contributed by atoms with E-state index in [1.54, 1.807) is 17.8 Å². The molecule has 0 atom stereocenters. The lowest BCUT2D eigenvalue weighted by molar-refractivity contribution is 0.1000. The molecule has 114 valence electrons. The zero-order valence-corrected chi connectivity index (χ0v) is 13.9. The Balaban J connectivity index is 2.32. The van der Waals surface area contributed by atoms with Crippen LogP contribution in [0.5, 0.6) is 0 Å². The molecule has 2 nitrogen and oxygen atoms in total. The molecule has 22 heavy (non-hydrogen) atoms. The third kappa shape index (κ3) is 3.80. The second-order valence-electron chi connectivity index (χ2n) is 5.30. The van der Waals surface area contributed by atoms with Gasteiger partial charge in [-0.2, -0.15) is 0 Å². The van der Waals surface area contributed by atoms with E-state index in [0.29, 0.717) is 5.56 Å². The second-order valence-corrected chi connectivity index (χ2v) is 6.38. The summed E-state index contributed by atoms with van der Waals surface area (Å²) in [4.78, 5) is 13.6. The van der Waals surface area contributed by atoms with E-state index >= 15 is 0 Å². The number of nitrogens with two attached hydrogens (primary N) is 1. The van der Waals surface area contributed by atoms with Crippen LogP contribution < -0.4 is 5.73 Å². The average Bonchev–Trinajstić information content (AvgIpc) is 2.50. The molecule has 1 amide bonds. The van der Waals surface area contributed by atoms with Gasteiger partial charge in [-0.15, -0.1) is 0 Å². The smallest absolute Gasteiger partial charge is 0.248 e. The molecule has 0 aromatic heterocycles. The number of amides is 1. The maximum atomic E-state index is 11.2. The number of allylic oxidation sites excluding steroid dienone is 1. The first-order chi connectivity index (χ1) is 10.5. The SMILES string of the molecule is C=C(CCC)c1ccccc1Sc1ccc(C(N)=O)cc1C. The molecule has 0 aliphatic heterocycles. The van der Waals surface area contributed by atoms with Gasteiger partial charge in [-0.25, -0.2) is 0 Å². The lowest BCUT2D eigenvalue weighted by atomic mass is 10.0. The Bertz CT molecular complexity index is 706. The molecule has 0 heterocycles. The van der Waals surface area contributed by atoms with Gasteiger partial charge in [0.15, 0.2) is 0 Å². The van der Waals surface area contributed by atoms with Crippen LogP contribution in [0.25, 0.3) is 5.57 Å². The third-order valence-electron chi connectivity index (χ3n) is 3.50. The molecule has 0 spiro atoms. The summed E-state index contributed by atoms with van der Waals surface area (Å²) in [7, 11) is 0. The lowest BCUT2D eigenvalue weighted by Crippen LogP contribution is -2.10. The minimum Gasteiger partial charge on any atom is -0.366 e. The fourth-order valence-corrected chi connectivity index (χ4v) is 3.38. The average molecular weight is 311 g/mol. The summed E-state index contributed by atoms with van der Waals surface area (Å²) < 4.78 is 0. The zero-order chi connectivity index (χ0) is 16.1. The molecule has 0 fully saturated rings. The van der Waals surface area contributed by atoms with E-state index in [4.69, 9.17) is 5.73 Å². The predicted molar refractivity (Wildman–Crippen MR) is 94.2 cm³/mol. The lowest BCUT2D eigenvalue weighted by Gasteiger charge is -2.13. The van der Waals surface area contributed by atoms with E-state index in [2.05, 4.69) is 25.6 Å². The van der Waals surface area contributed by atoms with Crippen molar-refractivity contribution in [1.82, 2.24) is 0 Å². The van der Waals surface area contributed by atoms with Crippen molar-refractivity contribution in [2.24, 2.45) is 5.73 Å². The van der Waals surface area contributed by atoms with Gasteiger partial charge in [0.25, 0.3) is 0 Å². The first-order valence-corrected chi connectivity index (χ1v) is 8.20. The predicted octanol–water partition coefficient (Wildman–Crippen LogP) is 5.06. The van der Waals surface area contributed by atoms with Crippen LogP contribution in [0.1, 0.15) is 41.3 Å². The number of primary amides is 1. The molecular weight excluding hydrogens is 290 g/mol. The first kappa shape index (κ1) is 16.4. The maximum Gasteiger partial charge on any atom is 0.248 e. The van der Waals surface area contributed by atoms with E-state index in [-0.39, 0.29) is 0 Å². The summed E-state index contributed by atoms with van der Waals surface area (Å²) in [6, 6.07) is 13.9. The largest absolute Gasteiger partial charge is 0.366 e. The Morgan fingerprint density at radius 1 is 1.18 bits per heavy atom. The Labute approximate surface area is 136 Å². The number of hydrogen-bond donors (Lipinski definition) is 1. The van der Waals surface area contributed by atoms with Crippen LogP contribution in [0.2, 0.25) is 0 Å². The minimum atomic E-state index is -0.392. The molecule has 0 bridgehead atoms. The maximum absolute atomic E-state index is 11.2. The van der Waals surface area contributed by atoms with Crippen molar-refractivity contribution in [3.63, 3.8) is 0 Å². The Morgan fingerprint density at radius 3 is 2.55 bits per heavy atom. The van der Waals surface area contributed by atoms with Gasteiger partial charge in [0.2, 0.25) is 5.91 Å². The van der Waals surface area contributed by atoms with Crippen LogP contribution in [0.15, 0.2) is 58.8 Å². The normalized spacial score (nSPS) is 10.5. The standard InChI is InChI=1S/C19H21NOS/c1-4-7-13(2)16-8-5-6-9-18(16)22-17-11-10-15(19(20)21)12-14(17)3/h5-6,8-12H,2,4,7H2,1,3H3,(H2,20,21). The fourth-order valence-electron chi connectivity index (χ4n) is 2.32. The van der Waals surface area contributed by atoms with Crippen molar-refractivity contribution in [3.8, 4) is 0 Å². The van der Waals surface area contributed by atoms with Gasteiger partial charge in [0.05, 0.1) is 0 Å². The van der Waals surface area contributed by atoms with Crippen LogP contribution in [0.3, 0.4) is 0 Å². The summed E-state index contributed by atoms with van der Waals surface area (Å²) >= 11 is 1.70. The first-order valence-electron chi connectivity index (χ1n) is 7.38. The number of benzene rings is 2. The summed E-state index contributed by atoms with van der Waals surface area (Å²) in [6.07, 6.45) is 2.08. The van der Waals surface area contributed by atoms with E-state index < -0.39 is 5.91 Å². The molecule has 2 rings (SSSR count). The number of carbonyl (C=O) groups excluding carboxylic acids is 1. The van der Waals surface area contributed by atoms with E-state index in [9.17, 15) is 4.79 Å². The van der Waals surface area contributed by atoms with E-state index in [0.717, 1.165) is 28.9 Å². The highest BCUT2D eigenvalue weighted by Gasteiger charge is 2.10. The molecule has 2 aromatic rings. The number of carbonyl (C=O) groups is 1. The van der Waals surface area contributed by atoms with Crippen molar-refractivity contribution >= 4 is 23.2 Å². The molecular formula is C19H21NOS. The van der Waals surface area contributed by atoms with Gasteiger partial charge in [-0.1, -0.05) is 49.9 Å². The third-order valence-corrected chi connectivity index (χ3v) is 4.75. The Morgan fingerprint density at radius 2 is 1.91 bits per heavy atom. The van der Waals surface area contributed by atoms with Crippen molar-refractivity contribution in [1.29, 1.82) is 0 Å². The molecule has 3 heteroatoms. The zero-order valence-electron chi connectivity index (χ0n) is 13.1. The molecule has 0 unspecified atom stereocenters. The number of aryl methyl sites for hydroxylation is 1. The van der Waals surface area contributed by atoms with Gasteiger partial charge < -0.3 is 5.73 Å². The highest BCUT2D eigenvalue weighted by atomic mass is 32.2. The summed E-state index contributed by atoms with van der Waals surface area (Å²) in [5.74, 6) is -0.392. The molecule has 0 radical (unpaired) electrons. The summed E-state index contributed by atoms with van der Waals surface area (Å²) in [5.41, 5.74) is 9.29. The van der Waals surface area contributed by atoms with Gasteiger partial charge in [0.1, 0.15) is 0 Å². The second kappa shape index (κ2) is 7.32. The van der Waals surface area contributed by atoms with E-state index in [1.165, 1.54) is 10.5 Å². The minimum absolute atomic E-state index is 0.392. The van der Waals surface area contributed by atoms with Crippen LogP contribution in [0, 0.1) is 6.92 Å². The van der Waals surface area contributed by atoms with Crippen LogP contribution in [0.4, 0.5) is 0 Å². The van der Waals surface area contributed by atoms with Gasteiger partial charge >= 0.3 is 0 Å². The summed E-state index contributed by atoms with van der Waals surface area (Å²) in [5, 5.41) is 0. The molecule has 0 saturated heterocycles. The number of rotatable bonds is 6. The van der Waals surface area contributed by atoms with Crippen LogP contribution in [-0.4, -0.2) is 5.91 Å². The van der Waals surface area contributed by atoms with Gasteiger partial charge in [0, 0.05) is 15.4 Å². The van der Waals surface area contributed by atoms with Crippen LogP contribution >= 0.6 is 11.8 Å². The Hall–Kier alpha value is -2.00. The molecule has 2 aromatic carbocycles. The monoisotopic (exact) mass is 311 g/mol.